The molecule has 0 spiro atoms. The van der Waals surface area contributed by atoms with Gasteiger partial charge in [0.1, 0.15) is 5.78 Å². The Balaban J connectivity index is 2.64. The molecule has 0 saturated carbocycles. The molecule has 0 amide bonds. The highest BCUT2D eigenvalue weighted by molar-refractivity contribution is 7.99. The van der Waals surface area contributed by atoms with E-state index in [1.54, 1.807) is 11.7 Å². The zero-order chi connectivity index (χ0) is 14.5. The van der Waals surface area contributed by atoms with Crippen LogP contribution in [0.2, 0.25) is 0 Å². The Labute approximate surface area is 116 Å². The maximum Gasteiger partial charge on any atom is 0.343 e. The van der Waals surface area contributed by atoms with Crippen molar-refractivity contribution in [3.8, 4) is 0 Å². The molecule has 7 heteroatoms. The molecule has 0 atom stereocenters. The maximum atomic E-state index is 11.9. The van der Waals surface area contributed by atoms with E-state index in [9.17, 15) is 9.59 Å². The number of ether oxygens (including phenoxy) is 1. The summed E-state index contributed by atoms with van der Waals surface area (Å²) in [5, 5.41) is 6.91. The van der Waals surface area contributed by atoms with Gasteiger partial charge in [0.25, 0.3) is 0 Å². The van der Waals surface area contributed by atoms with E-state index in [4.69, 9.17) is 4.74 Å². The lowest BCUT2D eigenvalue weighted by molar-refractivity contribution is -0.123. The summed E-state index contributed by atoms with van der Waals surface area (Å²) in [6.07, 6.45) is 0.733. The molecule has 0 bridgehead atoms. The number of aromatic amines is 1. The van der Waals surface area contributed by atoms with Crippen molar-refractivity contribution in [2.75, 3.05) is 19.5 Å². The molecule has 1 aromatic rings. The Hall–Kier alpha value is -1.08. The zero-order valence-corrected chi connectivity index (χ0v) is 12.7. The first-order valence-corrected chi connectivity index (χ1v) is 7.15. The maximum absolute atomic E-state index is 11.9. The minimum absolute atomic E-state index is 0.136. The van der Waals surface area contributed by atoms with Gasteiger partial charge in [-0.15, -0.1) is 5.10 Å². The second kappa shape index (κ2) is 6.91. The van der Waals surface area contributed by atoms with Crippen molar-refractivity contribution in [1.82, 2.24) is 14.8 Å². The van der Waals surface area contributed by atoms with Crippen molar-refractivity contribution >= 4 is 17.5 Å². The molecule has 0 aliphatic heterocycles. The number of H-pyrrole nitrogens is 1. The van der Waals surface area contributed by atoms with Crippen LogP contribution in [0.3, 0.4) is 0 Å². The van der Waals surface area contributed by atoms with Gasteiger partial charge in [0.2, 0.25) is 0 Å². The molecule has 0 radical (unpaired) electrons. The Morgan fingerprint density at radius 1 is 1.47 bits per heavy atom. The first kappa shape index (κ1) is 16.0. The molecule has 0 unspecified atom stereocenters. The molecule has 6 nitrogen and oxygen atoms in total. The van der Waals surface area contributed by atoms with Crippen LogP contribution >= 0.6 is 11.8 Å². The minimum Gasteiger partial charge on any atom is -0.385 e. The molecule has 108 valence electrons. The molecule has 0 aliphatic carbocycles. The summed E-state index contributed by atoms with van der Waals surface area (Å²) in [4.78, 5) is 23.4. The Morgan fingerprint density at radius 3 is 2.74 bits per heavy atom. The molecular weight excluding hydrogens is 266 g/mol. The summed E-state index contributed by atoms with van der Waals surface area (Å²) in [6, 6.07) is 0. The number of thioether (sulfide) groups is 1. The number of carbonyl (C=O) groups excluding carboxylic acids is 1. The summed E-state index contributed by atoms with van der Waals surface area (Å²) >= 11 is 1.29. The van der Waals surface area contributed by atoms with E-state index in [0.717, 1.165) is 6.42 Å². The third kappa shape index (κ3) is 4.83. The van der Waals surface area contributed by atoms with Crippen LogP contribution in [-0.4, -0.2) is 40.0 Å². The number of hydrogen-bond donors (Lipinski definition) is 1. The number of nitrogens with zero attached hydrogens (tertiary/aromatic N) is 2. The zero-order valence-electron chi connectivity index (χ0n) is 11.9. The molecule has 1 aromatic heterocycles. The highest BCUT2D eigenvalue weighted by Gasteiger charge is 2.22. The van der Waals surface area contributed by atoms with E-state index in [-0.39, 0.29) is 16.9 Å². The summed E-state index contributed by atoms with van der Waals surface area (Å²) in [6.45, 7) is 6.77. The van der Waals surface area contributed by atoms with Gasteiger partial charge < -0.3 is 4.74 Å². The predicted octanol–water partition coefficient (Wildman–Crippen LogP) is 1.32. The molecule has 1 N–H and O–H groups in total. The van der Waals surface area contributed by atoms with Crippen LogP contribution in [0, 0.1) is 5.41 Å². The fourth-order valence-electron chi connectivity index (χ4n) is 1.32. The second-order valence-electron chi connectivity index (χ2n) is 5.27. The van der Waals surface area contributed by atoms with Gasteiger partial charge in [-0.25, -0.2) is 9.89 Å². The Kier molecular flexibility index (Phi) is 5.81. The Morgan fingerprint density at radius 2 is 2.16 bits per heavy atom. The van der Waals surface area contributed by atoms with E-state index < -0.39 is 0 Å². The number of rotatable bonds is 7. The average Bonchev–Trinajstić information content (AvgIpc) is 2.67. The predicted molar refractivity (Wildman–Crippen MR) is 74.5 cm³/mol. The van der Waals surface area contributed by atoms with Crippen molar-refractivity contribution in [3.63, 3.8) is 0 Å². The summed E-state index contributed by atoms with van der Waals surface area (Å²) in [7, 11) is 1.62. The summed E-state index contributed by atoms with van der Waals surface area (Å²) in [5.74, 6) is 0.453. The van der Waals surface area contributed by atoms with E-state index in [2.05, 4.69) is 10.2 Å². The number of methoxy groups -OCH3 is 1. The van der Waals surface area contributed by atoms with Gasteiger partial charge in [-0.2, -0.15) is 0 Å². The molecular formula is C12H21N3O3S. The molecule has 0 aromatic carbocycles. The lowest BCUT2D eigenvalue weighted by Crippen LogP contribution is -2.23. The SMILES string of the molecule is COCCCn1c(SCC(=O)C(C)(C)C)n[nH]c1=O. The number of carbonyl (C=O) groups is 1. The van der Waals surface area contributed by atoms with Gasteiger partial charge in [-0.1, -0.05) is 32.5 Å². The van der Waals surface area contributed by atoms with E-state index in [1.165, 1.54) is 11.8 Å². The van der Waals surface area contributed by atoms with Crippen molar-refractivity contribution in [3.05, 3.63) is 10.5 Å². The number of ketones is 1. The van der Waals surface area contributed by atoms with Crippen molar-refractivity contribution < 1.29 is 9.53 Å². The van der Waals surface area contributed by atoms with Gasteiger partial charge >= 0.3 is 5.69 Å². The van der Waals surface area contributed by atoms with Crippen LogP contribution in [-0.2, 0) is 16.1 Å². The third-order valence-corrected chi connectivity index (χ3v) is 3.60. The second-order valence-corrected chi connectivity index (χ2v) is 6.21. The van der Waals surface area contributed by atoms with Gasteiger partial charge in [0.15, 0.2) is 5.16 Å². The Bertz CT molecular complexity index is 473. The van der Waals surface area contributed by atoms with Crippen LogP contribution < -0.4 is 5.69 Å². The molecule has 1 rings (SSSR count). The largest absolute Gasteiger partial charge is 0.385 e. The fraction of sp³-hybridized carbons (Fsp3) is 0.750. The molecule has 19 heavy (non-hydrogen) atoms. The monoisotopic (exact) mass is 287 g/mol. The number of nitrogens with one attached hydrogen (secondary N) is 1. The highest BCUT2D eigenvalue weighted by atomic mass is 32.2. The third-order valence-electron chi connectivity index (χ3n) is 2.62. The molecule has 0 aliphatic rings. The van der Waals surface area contributed by atoms with Crippen LogP contribution in [0.25, 0.3) is 0 Å². The van der Waals surface area contributed by atoms with Gasteiger partial charge in [-0.3, -0.25) is 9.36 Å². The highest BCUT2D eigenvalue weighted by Crippen LogP contribution is 2.21. The van der Waals surface area contributed by atoms with Crippen molar-refractivity contribution in [2.45, 2.75) is 38.9 Å². The first-order chi connectivity index (χ1) is 8.86. The first-order valence-electron chi connectivity index (χ1n) is 6.16. The van der Waals surface area contributed by atoms with Crippen molar-refractivity contribution in [1.29, 1.82) is 0 Å². The van der Waals surface area contributed by atoms with Crippen LogP contribution in [0.4, 0.5) is 0 Å². The fourth-order valence-corrected chi connectivity index (χ4v) is 2.46. The number of aromatic nitrogens is 3. The lowest BCUT2D eigenvalue weighted by Gasteiger charge is -2.15. The van der Waals surface area contributed by atoms with E-state index >= 15 is 0 Å². The molecule has 0 fully saturated rings. The summed E-state index contributed by atoms with van der Waals surface area (Å²) < 4.78 is 6.50. The normalized spacial score (nSPS) is 11.8. The van der Waals surface area contributed by atoms with Gasteiger partial charge in [-0.05, 0) is 6.42 Å². The number of hydrogen-bond acceptors (Lipinski definition) is 5. The van der Waals surface area contributed by atoms with E-state index in [0.29, 0.717) is 24.1 Å². The van der Waals surface area contributed by atoms with Crippen LogP contribution in [0.5, 0.6) is 0 Å². The van der Waals surface area contributed by atoms with Gasteiger partial charge in [0.05, 0.1) is 5.75 Å². The number of Topliss-reactive ketones (excluding diaryl/α,β-unsaturated/α-hetero) is 1. The smallest absolute Gasteiger partial charge is 0.343 e. The molecule has 0 saturated heterocycles. The lowest BCUT2D eigenvalue weighted by atomic mass is 9.92. The van der Waals surface area contributed by atoms with Crippen LogP contribution in [0.1, 0.15) is 27.2 Å². The quantitative estimate of drug-likeness (QED) is 0.604. The van der Waals surface area contributed by atoms with Crippen LogP contribution in [0.15, 0.2) is 9.95 Å². The van der Waals surface area contributed by atoms with Crippen molar-refractivity contribution in [2.24, 2.45) is 5.41 Å². The standard InChI is InChI=1S/C12H21N3O3S/c1-12(2,3)9(16)8-19-11-14-13-10(17)15(11)6-5-7-18-4/h5-8H2,1-4H3,(H,13,17). The summed E-state index contributed by atoms with van der Waals surface area (Å²) in [5.41, 5.74) is -0.619. The van der Waals surface area contributed by atoms with E-state index in [1.807, 2.05) is 20.8 Å². The minimum atomic E-state index is -0.371. The average molecular weight is 287 g/mol. The molecule has 1 heterocycles. The van der Waals surface area contributed by atoms with Gasteiger partial charge in [0, 0.05) is 25.7 Å². The topological polar surface area (TPSA) is 77.0 Å².